The summed E-state index contributed by atoms with van der Waals surface area (Å²) in [4.78, 5) is 12.4. The quantitative estimate of drug-likeness (QED) is 0.806. The van der Waals surface area contributed by atoms with E-state index in [2.05, 4.69) is 12.2 Å². The van der Waals surface area contributed by atoms with Crippen LogP contribution in [0, 0.1) is 0 Å². The highest BCUT2D eigenvalue weighted by molar-refractivity contribution is 6.01. The third-order valence-electron chi connectivity index (χ3n) is 3.33. The average Bonchev–Trinajstić information content (AvgIpc) is 2.92. The molecule has 0 aliphatic carbocycles. The van der Waals surface area contributed by atoms with E-state index < -0.39 is 0 Å². The van der Waals surface area contributed by atoms with Gasteiger partial charge in [-0.3, -0.25) is 4.79 Å². The van der Waals surface area contributed by atoms with Crippen LogP contribution in [-0.2, 0) is 6.42 Å². The largest absolute Gasteiger partial charge is 0.463 e. The number of carbonyl (C=O) groups excluding carboxylic acids is 1. The molecule has 106 valence electrons. The smallest absolute Gasteiger partial charge is 0.255 e. The highest BCUT2D eigenvalue weighted by atomic mass is 16.3. The number of rotatable bonds is 6. The summed E-state index contributed by atoms with van der Waals surface area (Å²) >= 11 is 0. The molecule has 0 saturated carbocycles. The lowest BCUT2D eigenvalue weighted by Gasteiger charge is -2.06. The zero-order chi connectivity index (χ0) is 14.4. The summed E-state index contributed by atoms with van der Waals surface area (Å²) in [5.41, 5.74) is 2.57. The van der Waals surface area contributed by atoms with Gasteiger partial charge in [0.1, 0.15) is 5.76 Å². The second kappa shape index (κ2) is 6.94. The molecule has 3 nitrogen and oxygen atoms in total. The molecule has 1 aromatic heterocycles. The molecular formula is C17H21NO2. The summed E-state index contributed by atoms with van der Waals surface area (Å²) in [6.45, 7) is 4.84. The molecule has 0 bridgehead atoms. The first-order valence-electron chi connectivity index (χ1n) is 7.21. The lowest BCUT2D eigenvalue weighted by Crippen LogP contribution is -2.25. The van der Waals surface area contributed by atoms with E-state index >= 15 is 0 Å². The SMILES string of the molecule is CCCCNC(=O)c1c(CC)coc1-c1ccccc1. The molecule has 1 amide bonds. The molecule has 0 aliphatic rings. The van der Waals surface area contributed by atoms with E-state index in [0.717, 1.165) is 30.4 Å². The van der Waals surface area contributed by atoms with E-state index in [1.807, 2.05) is 37.3 Å². The zero-order valence-electron chi connectivity index (χ0n) is 12.1. The van der Waals surface area contributed by atoms with Gasteiger partial charge in [0, 0.05) is 17.7 Å². The van der Waals surface area contributed by atoms with E-state index in [9.17, 15) is 4.79 Å². The lowest BCUT2D eigenvalue weighted by atomic mass is 10.0. The van der Waals surface area contributed by atoms with Crippen LogP contribution >= 0.6 is 0 Å². The summed E-state index contributed by atoms with van der Waals surface area (Å²) in [5.74, 6) is 0.624. The first-order chi connectivity index (χ1) is 9.77. The fourth-order valence-corrected chi connectivity index (χ4v) is 2.17. The summed E-state index contributed by atoms with van der Waals surface area (Å²) in [7, 11) is 0. The van der Waals surface area contributed by atoms with Gasteiger partial charge in [0.05, 0.1) is 11.8 Å². The lowest BCUT2D eigenvalue weighted by molar-refractivity contribution is 0.0952. The van der Waals surface area contributed by atoms with Crippen LogP contribution in [0.1, 0.15) is 42.6 Å². The number of aryl methyl sites for hydroxylation is 1. The molecule has 20 heavy (non-hydrogen) atoms. The van der Waals surface area contributed by atoms with Crippen LogP contribution in [0.2, 0.25) is 0 Å². The van der Waals surface area contributed by atoms with Gasteiger partial charge in [-0.1, -0.05) is 50.6 Å². The van der Waals surface area contributed by atoms with Gasteiger partial charge in [-0.05, 0) is 12.8 Å². The number of benzene rings is 1. The maximum absolute atomic E-state index is 12.4. The molecule has 1 heterocycles. The van der Waals surface area contributed by atoms with Crippen LogP contribution in [0.3, 0.4) is 0 Å². The number of nitrogens with one attached hydrogen (secondary N) is 1. The molecule has 0 saturated heterocycles. The highest BCUT2D eigenvalue weighted by Crippen LogP contribution is 2.28. The van der Waals surface area contributed by atoms with Crippen molar-refractivity contribution in [2.24, 2.45) is 0 Å². The van der Waals surface area contributed by atoms with Crippen molar-refractivity contribution >= 4 is 5.91 Å². The van der Waals surface area contributed by atoms with Crippen LogP contribution in [0.5, 0.6) is 0 Å². The van der Waals surface area contributed by atoms with E-state index in [-0.39, 0.29) is 5.91 Å². The Morgan fingerprint density at radius 2 is 1.95 bits per heavy atom. The fourth-order valence-electron chi connectivity index (χ4n) is 2.17. The molecule has 3 heteroatoms. The molecule has 2 aromatic rings. The second-order valence-corrected chi connectivity index (χ2v) is 4.79. The van der Waals surface area contributed by atoms with E-state index in [4.69, 9.17) is 4.42 Å². The van der Waals surface area contributed by atoms with Crippen LogP contribution in [0.4, 0.5) is 0 Å². The molecule has 0 fully saturated rings. The van der Waals surface area contributed by atoms with Crippen molar-refractivity contribution in [2.45, 2.75) is 33.1 Å². The third-order valence-corrected chi connectivity index (χ3v) is 3.33. The highest BCUT2D eigenvalue weighted by Gasteiger charge is 2.20. The summed E-state index contributed by atoms with van der Waals surface area (Å²) in [6.07, 6.45) is 4.54. The maximum atomic E-state index is 12.4. The molecular weight excluding hydrogens is 250 g/mol. The minimum absolute atomic E-state index is 0.0390. The standard InChI is InChI=1S/C17H21NO2/c1-3-5-11-18-17(19)15-13(4-2)12-20-16(15)14-9-7-6-8-10-14/h6-10,12H,3-5,11H2,1-2H3,(H,18,19). The molecule has 0 unspecified atom stereocenters. The number of unbranched alkanes of at least 4 members (excludes halogenated alkanes) is 1. The molecule has 2 rings (SSSR count). The fraction of sp³-hybridized carbons (Fsp3) is 0.353. The van der Waals surface area contributed by atoms with Crippen molar-refractivity contribution in [1.82, 2.24) is 5.32 Å². The van der Waals surface area contributed by atoms with Crippen LogP contribution in [-0.4, -0.2) is 12.5 Å². The predicted octanol–water partition coefficient (Wildman–Crippen LogP) is 4.04. The summed E-state index contributed by atoms with van der Waals surface area (Å²) in [5, 5.41) is 2.97. The zero-order valence-corrected chi connectivity index (χ0v) is 12.1. The molecule has 0 atom stereocenters. The van der Waals surface area contributed by atoms with Crippen molar-refractivity contribution in [3.8, 4) is 11.3 Å². The topological polar surface area (TPSA) is 42.2 Å². The predicted molar refractivity (Wildman–Crippen MR) is 80.8 cm³/mol. The van der Waals surface area contributed by atoms with Gasteiger partial charge >= 0.3 is 0 Å². The number of hydrogen-bond donors (Lipinski definition) is 1. The van der Waals surface area contributed by atoms with Gasteiger partial charge in [0.2, 0.25) is 0 Å². The van der Waals surface area contributed by atoms with Gasteiger partial charge in [-0.15, -0.1) is 0 Å². The van der Waals surface area contributed by atoms with Gasteiger partial charge < -0.3 is 9.73 Å². The van der Waals surface area contributed by atoms with E-state index in [1.54, 1.807) is 6.26 Å². The Hall–Kier alpha value is -2.03. The van der Waals surface area contributed by atoms with Gasteiger partial charge in [0.25, 0.3) is 5.91 Å². The first-order valence-corrected chi connectivity index (χ1v) is 7.21. The average molecular weight is 271 g/mol. The maximum Gasteiger partial charge on any atom is 0.255 e. The van der Waals surface area contributed by atoms with Crippen molar-refractivity contribution in [3.05, 3.63) is 47.7 Å². The van der Waals surface area contributed by atoms with Crippen LogP contribution < -0.4 is 5.32 Å². The van der Waals surface area contributed by atoms with Crippen LogP contribution in [0.25, 0.3) is 11.3 Å². The Labute approximate surface area is 120 Å². The van der Waals surface area contributed by atoms with Crippen molar-refractivity contribution in [1.29, 1.82) is 0 Å². The molecule has 0 aliphatic heterocycles. The Morgan fingerprint density at radius 1 is 1.20 bits per heavy atom. The minimum atomic E-state index is -0.0390. The van der Waals surface area contributed by atoms with E-state index in [1.165, 1.54) is 0 Å². The van der Waals surface area contributed by atoms with Crippen molar-refractivity contribution < 1.29 is 9.21 Å². The third kappa shape index (κ3) is 3.10. The summed E-state index contributed by atoms with van der Waals surface area (Å²) < 4.78 is 5.64. The Balaban J connectivity index is 2.30. The number of furan rings is 1. The number of carbonyl (C=O) groups is 1. The Morgan fingerprint density at radius 3 is 2.60 bits per heavy atom. The molecule has 1 N–H and O–H groups in total. The second-order valence-electron chi connectivity index (χ2n) is 4.79. The monoisotopic (exact) mass is 271 g/mol. The van der Waals surface area contributed by atoms with Gasteiger partial charge in [-0.2, -0.15) is 0 Å². The minimum Gasteiger partial charge on any atom is -0.463 e. The number of amides is 1. The van der Waals surface area contributed by atoms with Crippen molar-refractivity contribution in [3.63, 3.8) is 0 Å². The normalized spacial score (nSPS) is 10.5. The molecule has 1 aromatic carbocycles. The van der Waals surface area contributed by atoms with E-state index in [0.29, 0.717) is 17.9 Å². The Bertz CT molecular complexity index is 558. The van der Waals surface area contributed by atoms with Crippen molar-refractivity contribution in [2.75, 3.05) is 6.54 Å². The van der Waals surface area contributed by atoms with Gasteiger partial charge in [0.15, 0.2) is 0 Å². The van der Waals surface area contributed by atoms with Crippen LogP contribution in [0.15, 0.2) is 41.0 Å². The Kier molecular flexibility index (Phi) is 4.99. The molecule has 0 radical (unpaired) electrons. The molecule has 0 spiro atoms. The first kappa shape index (κ1) is 14.4. The summed E-state index contributed by atoms with van der Waals surface area (Å²) in [6, 6.07) is 9.76. The van der Waals surface area contributed by atoms with Gasteiger partial charge in [-0.25, -0.2) is 0 Å². The number of hydrogen-bond acceptors (Lipinski definition) is 2.